The first-order chi connectivity index (χ1) is 15.2. The van der Waals surface area contributed by atoms with Crippen molar-refractivity contribution in [2.24, 2.45) is 5.92 Å². The topological polar surface area (TPSA) is 76.5 Å². The average molecular weight is 461 g/mol. The standard InChI is InChI=1S/C24H33ClN4O3/c1-24(2,3)20-15-21(29(27-20)19-12-8-7-11-18(19)25)26-22(30)16-28(13-14-32-4)23(31)17-9-5-6-10-17/h7-8,11-12,15,17H,5-6,9-10,13-14,16H2,1-4H3,(H,26,30). The van der Waals surface area contributed by atoms with Crippen LogP contribution in [0.3, 0.4) is 0 Å². The Labute approximate surface area is 195 Å². The van der Waals surface area contributed by atoms with Crippen molar-refractivity contribution in [2.75, 3.05) is 32.1 Å². The summed E-state index contributed by atoms with van der Waals surface area (Å²) in [4.78, 5) is 27.6. The molecule has 0 radical (unpaired) electrons. The molecule has 0 bridgehead atoms. The van der Waals surface area contributed by atoms with Crippen molar-refractivity contribution in [2.45, 2.75) is 51.9 Å². The minimum Gasteiger partial charge on any atom is -0.383 e. The van der Waals surface area contributed by atoms with Crippen LogP contribution < -0.4 is 5.32 Å². The van der Waals surface area contributed by atoms with Crippen LogP contribution in [0, 0.1) is 5.92 Å². The SMILES string of the molecule is COCCN(CC(=O)Nc1cc(C(C)(C)C)nn1-c1ccccc1Cl)C(=O)C1CCCC1. The van der Waals surface area contributed by atoms with Crippen LogP contribution in [0.5, 0.6) is 0 Å². The maximum atomic E-state index is 13.0. The second-order valence-corrected chi connectivity index (χ2v) is 9.72. The van der Waals surface area contributed by atoms with E-state index in [0.717, 1.165) is 31.4 Å². The minimum atomic E-state index is -0.277. The smallest absolute Gasteiger partial charge is 0.245 e. The Hall–Kier alpha value is -2.38. The van der Waals surface area contributed by atoms with E-state index in [2.05, 4.69) is 26.1 Å². The molecule has 0 saturated heterocycles. The van der Waals surface area contributed by atoms with E-state index in [-0.39, 0.29) is 29.7 Å². The summed E-state index contributed by atoms with van der Waals surface area (Å²) in [6.07, 6.45) is 3.90. The number of carbonyl (C=O) groups excluding carboxylic acids is 2. The summed E-state index contributed by atoms with van der Waals surface area (Å²) in [6.45, 7) is 6.92. The van der Waals surface area contributed by atoms with E-state index in [4.69, 9.17) is 21.4 Å². The molecular weight excluding hydrogens is 428 g/mol. The molecule has 0 atom stereocenters. The predicted octanol–water partition coefficient (Wildman–Crippen LogP) is 4.43. The number of ether oxygens (including phenoxy) is 1. The summed E-state index contributed by atoms with van der Waals surface area (Å²) in [7, 11) is 1.59. The largest absolute Gasteiger partial charge is 0.383 e. The Morgan fingerprint density at radius 1 is 1.25 bits per heavy atom. The van der Waals surface area contributed by atoms with Gasteiger partial charge in [0.15, 0.2) is 0 Å². The third-order valence-corrected chi connectivity index (χ3v) is 6.06. The van der Waals surface area contributed by atoms with Crippen molar-refractivity contribution in [3.8, 4) is 5.69 Å². The van der Waals surface area contributed by atoms with E-state index < -0.39 is 0 Å². The van der Waals surface area contributed by atoms with Gasteiger partial charge in [-0.15, -0.1) is 0 Å². The predicted molar refractivity (Wildman–Crippen MR) is 126 cm³/mol. The lowest BCUT2D eigenvalue weighted by molar-refractivity contribution is -0.138. The van der Waals surface area contributed by atoms with Gasteiger partial charge in [-0.25, -0.2) is 4.68 Å². The second kappa shape index (κ2) is 10.5. The monoisotopic (exact) mass is 460 g/mol. The molecule has 2 aromatic rings. The fourth-order valence-electron chi connectivity index (χ4n) is 3.90. The molecule has 1 N–H and O–H groups in total. The van der Waals surface area contributed by atoms with E-state index >= 15 is 0 Å². The third kappa shape index (κ3) is 5.90. The highest BCUT2D eigenvalue weighted by Gasteiger charge is 2.29. The average Bonchev–Trinajstić information content (AvgIpc) is 3.41. The lowest BCUT2D eigenvalue weighted by Crippen LogP contribution is -2.42. The zero-order valence-corrected chi connectivity index (χ0v) is 20.1. The number of methoxy groups -OCH3 is 1. The van der Waals surface area contributed by atoms with Crippen molar-refractivity contribution in [3.63, 3.8) is 0 Å². The van der Waals surface area contributed by atoms with E-state index in [1.165, 1.54) is 0 Å². The van der Waals surface area contributed by atoms with Gasteiger partial charge < -0.3 is 15.0 Å². The van der Waals surface area contributed by atoms with Crippen molar-refractivity contribution in [3.05, 3.63) is 41.0 Å². The van der Waals surface area contributed by atoms with Gasteiger partial charge in [0.05, 0.1) is 29.6 Å². The zero-order valence-electron chi connectivity index (χ0n) is 19.4. The van der Waals surface area contributed by atoms with Gasteiger partial charge >= 0.3 is 0 Å². The van der Waals surface area contributed by atoms with Gasteiger partial charge in [0.1, 0.15) is 5.82 Å². The lowest BCUT2D eigenvalue weighted by Gasteiger charge is -2.25. The number of hydrogen-bond donors (Lipinski definition) is 1. The number of hydrogen-bond acceptors (Lipinski definition) is 4. The Balaban J connectivity index is 1.82. The molecule has 1 aromatic heterocycles. The molecule has 0 unspecified atom stereocenters. The molecule has 1 saturated carbocycles. The summed E-state index contributed by atoms with van der Waals surface area (Å²) in [6, 6.07) is 9.22. The van der Waals surface area contributed by atoms with Gasteiger partial charge in [-0.1, -0.05) is 57.3 Å². The fraction of sp³-hybridized carbons (Fsp3) is 0.542. The van der Waals surface area contributed by atoms with Gasteiger partial charge in [0.2, 0.25) is 11.8 Å². The third-order valence-electron chi connectivity index (χ3n) is 5.74. The van der Waals surface area contributed by atoms with Crippen molar-refractivity contribution >= 4 is 29.2 Å². The van der Waals surface area contributed by atoms with Gasteiger partial charge in [-0.3, -0.25) is 9.59 Å². The van der Waals surface area contributed by atoms with Gasteiger partial charge in [-0.2, -0.15) is 5.10 Å². The molecule has 1 heterocycles. The number of aromatic nitrogens is 2. The lowest BCUT2D eigenvalue weighted by atomic mass is 9.92. The number of amides is 2. The fourth-order valence-corrected chi connectivity index (χ4v) is 4.11. The normalized spacial score (nSPS) is 14.5. The van der Waals surface area contributed by atoms with Crippen molar-refractivity contribution in [1.82, 2.24) is 14.7 Å². The quantitative estimate of drug-likeness (QED) is 0.632. The van der Waals surface area contributed by atoms with Crippen molar-refractivity contribution in [1.29, 1.82) is 0 Å². The summed E-state index contributed by atoms with van der Waals surface area (Å²) in [5.74, 6) is 0.277. The van der Waals surface area contributed by atoms with E-state index in [9.17, 15) is 9.59 Å². The first kappa shape index (κ1) is 24.3. The molecular formula is C24H33ClN4O3. The molecule has 0 aliphatic heterocycles. The molecule has 0 spiro atoms. The highest BCUT2D eigenvalue weighted by Crippen LogP contribution is 2.29. The summed E-state index contributed by atoms with van der Waals surface area (Å²) in [5, 5.41) is 8.19. The zero-order chi connectivity index (χ0) is 23.3. The number of rotatable bonds is 8. The number of nitrogens with one attached hydrogen (secondary N) is 1. The first-order valence-corrected chi connectivity index (χ1v) is 11.5. The molecule has 1 aromatic carbocycles. The molecule has 1 fully saturated rings. The number of benzene rings is 1. The van der Waals surface area contributed by atoms with Crippen LogP contribution in [0.1, 0.15) is 52.1 Å². The van der Waals surface area contributed by atoms with Crippen LogP contribution >= 0.6 is 11.6 Å². The molecule has 32 heavy (non-hydrogen) atoms. The Bertz CT molecular complexity index is 945. The maximum absolute atomic E-state index is 13.0. The molecule has 3 rings (SSSR count). The summed E-state index contributed by atoms with van der Waals surface area (Å²) < 4.78 is 6.81. The molecule has 1 aliphatic carbocycles. The molecule has 2 amide bonds. The van der Waals surface area contributed by atoms with Crippen LogP contribution in [0.2, 0.25) is 5.02 Å². The number of anilines is 1. The summed E-state index contributed by atoms with van der Waals surface area (Å²) >= 11 is 6.41. The van der Waals surface area contributed by atoms with E-state index in [1.807, 2.05) is 24.3 Å². The number of carbonyl (C=O) groups is 2. The highest BCUT2D eigenvalue weighted by atomic mass is 35.5. The molecule has 8 heteroatoms. The Kier molecular flexibility index (Phi) is 7.96. The van der Waals surface area contributed by atoms with Gasteiger partial charge in [-0.05, 0) is 25.0 Å². The second-order valence-electron chi connectivity index (χ2n) is 9.31. The summed E-state index contributed by atoms with van der Waals surface area (Å²) in [5.41, 5.74) is 1.29. The van der Waals surface area contributed by atoms with E-state index in [1.54, 1.807) is 22.8 Å². The van der Waals surface area contributed by atoms with Crippen LogP contribution in [-0.4, -0.2) is 53.3 Å². The van der Waals surface area contributed by atoms with Gasteiger partial charge in [0, 0.05) is 31.1 Å². The van der Waals surface area contributed by atoms with Crippen LogP contribution in [-0.2, 0) is 19.7 Å². The highest BCUT2D eigenvalue weighted by molar-refractivity contribution is 6.32. The van der Waals surface area contributed by atoms with Gasteiger partial charge in [0.25, 0.3) is 0 Å². The molecule has 1 aliphatic rings. The number of para-hydroxylation sites is 1. The molecule has 174 valence electrons. The molecule has 7 nitrogen and oxygen atoms in total. The first-order valence-electron chi connectivity index (χ1n) is 11.1. The Morgan fingerprint density at radius 3 is 2.56 bits per heavy atom. The van der Waals surface area contributed by atoms with E-state index in [0.29, 0.717) is 29.7 Å². The maximum Gasteiger partial charge on any atom is 0.245 e. The van der Waals surface area contributed by atoms with Crippen molar-refractivity contribution < 1.29 is 14.3 Å². The number of nitrogens with zero attached hydrogens (tertiary/aromatic N) is 3. The van der Waals surface area contributed by atoms with Crippen LogP contribution in [0.15, 0.2) is 30.3 Å². The number of halogens is 1. The van der Waals surface area contributed by atoms with Crippen LogP contribution in [0.25, 0.3) is 5.69 Å². The Morgan fingerprint density at radius 2 is 1.94 bits per heavy atom. The van der Waals surface area contributed by atoms with Crippen LogP contribution in [0.4, 0.5) is 5.82 Å². The minimum absolute atomic E-state index is 0.000743.